The van der Waals surface area contributed by atoms with Crippen LogP contribution in [0.2, 0.25) is 0 Å². The van der Waals surface area contributed by atoms with Crippen molar-refractivity contribution in [3.05, 3.63) is 54.7 Å². The van der Waals surface area contributed by atoms with E-state index in [0.717, 1.165) is 43.0 Å². The molecule has 1 fully saturated rings. The molecule has 1 aliphatic heterocycles. The average molecular weight is 290 g/mol. The summed E-state index contributed by atoms with van der Waals surface area (Å²) in [5.41, 5.74) is 3.23. The number of anilines is 1. The van der Waals surface area contributed by atoms with E-state index >= 15 is 0 Å². The van der Waals surface area contributed by atoms with E-state index in [1.165, 1.54) is 11.1 Å². The molecule has 1 saturated heterocycles. The lowest BCUT2D eigenvalue weighted by Gasteiger charge is -2.29. The van der Waals surface area contributed by atoms with Gasteiger partial charge in [0.05, 0.1) is 0 Å². The van der Waals surface area contributed by atoms with E-state index in [1.807, 2.05) is 18.3 Å². The molecular weight excluding hydrogens is 272 g/mol. The van der Waals surface area contributed by atoms with E-state index in [0.29, 0.717) is 0 Å². The maximum absolute atomic E-state index is 4.77. The summed E-state index contributed by atoms with van der Waals surface area (Å²) in [6.45, 7) is 3.98. The zero-order chi connectivity index (χ0) is 14.8. The maximum Gasteiger partial charge on any atom is 0.162 e. The van der Waals surface area contributed by atoms with Crippen LogP contribution in [0.3, 0.4) is 0 Å². The minimum absolute atomic E-state index is 0.817. The van der Waals surface area contributed by atoms with Crippen molar-refractivity contribution >= 4 is 16.9 Å². The standard InChI is InChI=1S/C18H18N4/c1-2-5-14(6-3-1)16-13-17(22-11-9-19-10-12-22)21-18-15(16)7-4-8-20-18/h1-8,13,19H,9-12H2. The highest BCUT2D eigenvalue weighted by Gasteiger charge is 2.15. The molecule has 0 amide bonds. The molecule has 0 radical (unpaired) electrons. The van der Waals surface area contributed by atoms with Gasteiger partial charge >= 0.3 is 0 Å². The summed E-state index contributed by atoms with van der Waals surface area (Å²) in [7, 11) is 0. The van der Waals surface area contributed by atoms with Gasteiger partial charge in [-0.25, -0.2) is 9.97 Å². The average Bonchev–Trinajstić information content (AvgIpc) is 2.62. The second-order valence-electron chi connectivity index (χ2n) is 5.51. The Balaban J connectivity index is 1.89. The molecule has 4 rings (SSSR count). The van der Waals surface area contributed by atoms with Crippen LogP contribution < -0.4 is 10.2 Å². The summed E-state index contributed by atoms with van der Waals surface area (Å²) < 4.78 is 0. The normalized spacial score (nSPS) is 15.2. The fourth-order valence-electron chi connectivity index (χ4n) is 2.96. The summed E-state index contributed by atoms with van der Waals surface area (Å²) in [5.74, 6) is 1.02. The molecule has 0 spiro atoms. The highest BCUT2D eigenvalue weighted by molar-refractivity contribution is 5.94. The number of fused-ring (bicyclic) bond motifs is 1. The number of nitrogens with one attached hydrogen (secondary N) is 1. The number of nitrogens with zero attached hydrogens (tertiary/aromatic N) is 3. The second-order valence-corrected chi connectivity index (χ2v) is 5.51. The van der Waals surface area contributed by atoms with Crippen molar-refractivity contribution in [1.29, 1.82) is 0 Å². The fourth-order valence-corrected chi connectivity index (χ4v) is 2.96. The van der Waals surface area contributed by atoms with Gasteiger partial charge in [-0.3, -0.25) is 0 Å². The molecule has 0 aliphatic carbocycles. The van der Waals surface area contributed by atoms with Gasteiger partial charge < -0.3 is 10.2 Å². The quantitative estimate of drug-likeness (QED) is 0.788. The van der Waals surface area contributed by atoms with Crippen LogP contribution in [0.25, 0.3) is 22.2 Å². The zero-order valence-corrected chi connectivity index (χ0v) is 12.4. The smallest absolute Gasteiger partial charge is 0.162 e. The number of aromatic nitrogens is 2. The van der Waals surface area contributed by atoms with Crippen LogP contribution in [0, 0.1) is 0 Å². The van der Waals surface area contributed by atoms with E-state index in [-0.39, 0.29) is 0 Å². The van der Waals surface area contributed by atoms with Crippen molar-refractivity contribution in [2.24, 2.45) is 0 Å². The largest absolute Gasteiger partial charge is 0.354 e. The van der Waals surface area contributed by atoms with Crippen molar-refractivity contribution in [2.45, 2.75) is 0 Å². The van der Waals surface area contributed by atoms with Crippen LogP contribution in [0.1, 0.15) is 0 Å². The highest BCUT2D eigenvalue weighted by atomic mass is 15.2. The Hall–Kier alpha value is -2.46. The Morgan fingerprint density at radius 3 is 2.59 bits per heavy atom. The number of hydrogen-bond donors (Lipinski definition) is 1. The van der Waals surface area contributed by atoms with Crippen molar-refractivity contribution in [3.8, 4) is 11.1 Å². The molecular formula is C18H18N4. The predicted octanol–water partition coefficient (Wildman–Crippen LogP) is 2.71. The number of hydrogen-bond acceptors (Lipinski definition) is 4. The molecule has 0 atom stereocenters. The molecule has 22 heavy (non-hydrogen) atoms. The van der Waals surface area contributed by atoms with Crippen LogP contribution in [0.4, 0.5) is 5.82 Å². The predicted molar refractivity (Wildman–Crippen MR) is 90.1 cm³/mol. The first-order chi connectivity index (χ1) is 10.9. The van der Waals surface area contributed by atoms with Crippen LogP contribution in [0.15, 0.2) is 54.7 Å². The Labute approximate surface area is 129 Å². The molecule has 3 aromatic rings. The monoisotopic (exact) mass is 290 g/mol. The SMILES string of the molecule is c1ccc(-c2cc(N3CCNCC3)nc3ncccc23)cc1. The van der Waals surface area contributed by atoms with Crippen LogP contribution >= 0.6 is 0 Å². The number of piperazine rings is 1. The lowest BCUT2D eigenvalue weighted by molar-refractivity contribution is 0.585. The topological polar surface area (TPSA) is 41.0 Å². The van der Waals surface area contributed by atoms with Gasteiger partial charge in [-0.1, -0.05) is 30.3 Å². The zero-order valence-electron chi connectivity index (χ0n) is 12.4. The van der Waals surface area contributed by atoms with Crippen LogP contribution in [-0.4, -0.2) is 36.1 Å². The second kappa shape index (κ2) is 5.73. The highest BCUT2D eigenvalue weighted by Crippen LogP contribution is 2.30. The molecule has 0 bridgehead atoms. The van der Waals surface area contributed by atoms with E-state index < -0.39 is 0 Å². The van der Waals surface area contributed by atoms with Gasteiger partial charge in [0.1, 0.15) is 5.82 Å². The van der Waals surface area contributed by atoms with Gasteiger partial charge in [0, 0.05) is 37.8 Å². The van der Waals surface area contributed by atoms with E-state index in [4.69, 9.17) is 4.98 Å². The summed E-state index contributed by atoms with van der Waals surface area (Å²) in [6, 6.07) is 16.7. The van der Waals surface area contributed by atoms with Crippen molar-refractivity contribution < 1.29 is 0 Å². The summed E-state index contributed by atoms with van der Waals surface area (Å²) in [4.78, 5) is 11.6. The van der Waals surface area contributed by atoms with Gasteiger partial charge in [-0.05, 0) is 29.3 Å². The fraction of sp³-hybridized carbons (Fsp3) is 0.222. The van der Waals surface area contributed by atoms with Crippen LogP contribution in [0.5, 0.6) is 0 Å². The van der Waals surface area contributed by atoms with Crippen LogP contribution in [-0.2, 0) is 0 Å². The van der Waals surface area contributed by atoms with Crippen molar-refractivity contribution in [2.75, 3.05) is 31.1 Å². The molecule has 0 saturated carbocycles. The van der Waals surface area contributed by atoms with Gasteiger partial charge in [0.15, 0.2) is 5.65 Å². The molecule has 3 heterocycles. The molecule has 1 aliphatic rings. The summed E-state index contributed by atoms with van der Waals surface area (Å²) in [6.07, 6.45) is 1.81. The Morgan fingerprint density at radius 1 is 0.955 bits per heavy atom. The lowest BCUT2D eigenvalue weighted by Crippen LogP contribution is -2.43. The first-order valence-electron chi connectivity index (χ1n) is 7.69. The molecule has 0 unspecified atom stereocenters. The van der Waals surface area contributed by atoms with E-state index in [2.05, 4.69) is 51.6 Å². The minimum atomic E-state index is 0.817. The Morgan fingerprint density at radius 2 is 1.77 bits per heavy atom. The minimum Gasteiger partial charge on any atom is -0.354 e. The summed E-state index contributed by atoms with van der Waals surface area (Å²) >= 11 is 0. The van der Waals surface area contributed by atoms with Gasteiger partial charge in [0.2, 0.25) is 0 Å². The van der Waals surface area contributed by atoms with Gasteiger partial charge in [0.25, 0.3) is 0 Å². The van der Waals surface area contributed by atoms with Crippen molar-refractivity contribution in [1.82, 2.24) is 15.3 Å². The maximum atomic E-state index is 4.77. The molecule has 1 aromatic carbocycles. The Kier molecular flexibility index (Phi) is 3.45. The third kappa shape index (κ3) is 2.42. The number of rotatable bonds is 2. The van der Waals surface area contributed by atoms with Gasteiger partial charge in [-0.2, -0.15) is 0 Å². The molecule has 4 nitrogen and oxygen atoms in total. The number of benzene rings is 1. The molecule has 4 heteroatoms. The third-order valence-corrected chi connectivity index (χ3v) is 4.10. The van der Waals surface area contributed by atoms with Crippen molar-refractivity contribution in [3.63, 3.8) is 0 Å². The molecule has 2 aromatic heterocycles. The van der Waals surface area contributed by atoms with E-state index in [9.17, 15) is 0 Å². The number of pyridine rings is 2. The summed E-state index contributed by atoms with van der Waals surface area (Å²) in [5, 5.41) is 4.49. The lowest BCUT2D eigenvalue weighted by atomic mass is 10.0. The van der Waals surface area contributed by atoms with Gasteiger partial charge in [-0.15, -0.1) is 0 Å². The van der Waals surface area contributed by atoms with E-state index in [1.54, 1.807) is 0 Å². The third-order valence-electron chi connectivity index (χ3n) is 4.10. The molecule has 1 N–H and O–H groups in total. The first-order valence-corrected chi connectivity index (χ1v) is 7.69. The first kappa shape index (κ1) is 13.2. The Bertz CT molecular complexity index is 779. The molecule has 110 valence electrons.